The zero-order chi connectivity index (χ0) is 16.4. The molecule has 0 saturated heterocycles. The molecule has 0 saturated carbocycles. The van der Waals surface area contributed by atoms with E-state index in [4.69, 9.17) is 5.11 Å². The summed E-state index contributed by atoms with van der Waals surface area (Å²) in [6.45, 7) is 7.61. The number of benzene rings is 1. The molecular weight excluding hydrogens is 361 g/mol. The Labute approximate surface area is 133 Å². The van der Waals surface area contributed by atoms with Gasteiger partial charge in [-0.3, -0.25) is 0 Å². The van der Waals surface area contributed by atoms with E-state index in [0.717, 1.165) is 0 Å². The van der Waals surface area contributed by atoms with Crippen LogP contribution < -0.4 is 4.72 Å². The molecule has 1 aromatic rings. The minimum atomic E-state index is -3.97. The summed E-state index contributed by atoms with van der Waals surface area (Å²) in [4.78, 5) is -0.456. The first-order valence-corrected chi connectivity index (χ1v) is 8.85. The van der Waals surface area contributed by atoms with E-state index in [1.54, 1.807) is 0 Å². The van der Waals surface area contributed by atoms with Crippen molar-refractivity contribution in [1.82, 2.24) is 4.72 Å². The molecule has 1 unspecified atom stereocenters. The fourth-order valence-electron chi connectivity index (χ4n) is 1.55. The molecule has 0 heterocycles. The van der Waals surface area contributed by atoms with E-state index in [0.29, 0.717) is 4.47 Å². The lowest BCUT2D eigenvalue weighted by atomic mass is 9.82. The van der Waals surface area contributed by atoms with E-state index in [1.807, 2.05) is 27.7 Å². The van der Waals surface area contributed by atoms with Gasteiger partial charge in [0, 0.05) is 16.6 Å². The SMILES string of the molecule is CC(CNS(=O)(=O)c1cc(Br)cc(CO)c1F)C(C)(C)C. The van der Waals surface area contributed by atoms with Crippen molar-refractivity contribution in [2.75, 3.05) is 6.54 Å². The second-order valence-corrected chi connectivity index (χ2v) is 8.81. The number of aliphatic hydroxyl groups is 1. The van der Waals surface area contributed by atoms with Gasteiger partial charge in [0.15, 0.2) is 0 Å². The summed E-state index contributed by atoms with van der Waals surface area (Å²) in [5.41, 5.74) is -0.122. The molecular formula is C14H21BrFNO3S. The van der Waals surface area contributed by atoms with Crippen molar-refractivity contribution in [2.24, 2.45) is 11.3 Å². The summed E-state index contributed by atoms with van der Waals surface area (Å²) in [5, 5.41) is 9.08. The van der Waals surface area contributed by atoms with Gasteiger partial charge in [0.05, 0.1) is 6.61 Å². The number of hydrogen-bond acceptors (Lipinski definition) is 3. The Bertz CT molecular complexity index is 611. The molecule has 21 heavy (non-hydrogen) atoms. The van der Waals surface area contributed by atoms with Crippen LogP contribution in [0.3, 0.4) is 0 Å². The zero-order valence-corrected chi connectivity index (χ0v) is 15.0. The molecule has 1 atom stereocenters. The van der Waals surface area contributed by atoms with Gasteiger partial charge in [0.25, 0.3) is 0 Å². The van der Waals surface area contributed by atoms with Gasteiger partial charge < -0.3 is 5.11 Å². The zero-order valence-electron chi connectivity index (χ0n) is 12.6. The summed E-state index contributed by atoms with van der Waals surface area (Å²) in [5.74, 6) is -0.837. The molecule has 0 aliphatic carbocycles. The molecule has 120 valence electrons. The highest BCUT2D eigenvalue weighted by atomic mass is 79.9. The van der Waals surface area contributed by atoms with Crippen LogP contribution in [0.2, 0.25) is 0 Å². The van der Waals surface area contributed by atoms with Crippen molar-refractivity contribution in [3.05, 3.63) is 28.0 Å². The molecule has 0 amide bonds. The molecule has 0 aromatic heterocycles. The van der Waals surface area contributed by atoms with Crippen LogP contribution in [-0.4, -0.2) is 20.1 Å². The van der Waals surface area contributed by atoms with Gasteiger partial charge >= 0.3 is 0 Å². The number of halogens is 2. The Morgan fingerprint density at radius 3 is 2.43 bits per heavy atom. The molecule has 1 aromatic carbocycles. The van der Waals surface area contributed by atoms with Crippen molar-refractivity contribution in [1.29, 1.82) is 0 Å². The fourth-order valence-corrected chi connectivity index (χ4v) is 3.48. The molecule has 0 aliphatic heterocycles. The van der Waals surface area contributed by atoms with Gasteiger partial charge in [-0.1, -0.05) is 43.6 Å². The van der Waals surface area contributed by atoms with Gasteiger partial charge in [0.1, 0.15) is 10.7 Å². The molecule has 0 radical (unpaired) electrons. The standard InChI is InChI=1S/C14H21BrFNO3S/c1-9(14(2,3)4)7-17-21(19,20)12-6-11(15)5-10(8-18)13(12)16/h5-6,9,17-18H,7-8H2,1-4H3. The predicted octanol–water partition coefficient (Wildman–Crippen LogP) is 3.04. The maximum absolute atomic E-state index is 14.1. The average Bonchev–Trinajstić information content (AvgIpc) is 2.36. The van der Waals surface area contributed by atoms with Gasteiger partial charge in [-0.2, -0.15) is 0 Å². The van der Waals surface area contributed by atoms with E-state index in [2.05, 4.69) is 20.7 Å². The third kappa shape index (κ3) is 4.74. The predicted molar refractivity (Wildman–Crippen MR) is 83.8 cm³/mol. The van der Waals surface area contributed by atoms with E-state index in [9.17, 15) is 12.8 Å². The minimum absolute atomic E-state index is 0.0609. The first-order valence-electron chi connectivity index (χ1n) is 6.57. The monoisotopic (exact) mass is 381 g/mol. The first-order chi connectivity index (χ1) is 9.49. The molecule has 4 nitrogen and oxygen atoms in total. The van der Waals surface area contributed by atoms with Gasteiger partial charge in [0.2, 0.25) is 10.0 Å². The maximum atomic E-state index is 14.1. The van der Waals surface area contributed by atoms with Crippen LogP contribution in [0.1, 0.15) is 33.3 Å². The summed E-state index contributed by atoms with van der Waals surface area (Å²) < 4.78 is 41.4. The third-order valence-electron chi connectivity index (χ3n) is 3.60. The highest BCUT2D eigenvalue weighted by Gasteiger charge is 2.25. The van der Waals surface area contributed by atoms with E-state index in [-0.39, 0.29) is 23.4 Å². The summed E-state index contributed by atoms with van der Waals surface area (Å²) in [7, 11) is -3.97. The van der Waals surface area contributed by atoms with Crippen LogP contribution in [0.5, 0.6) is 0 Å². The highest BCUT2D eigenvalue weighted by Crippen LogP contribution is 2.27. The van der Waals surface area contributed by atoms with Crippen molar-refractivity contribution >= 4 is 26.0 Å². The van der Waals surface area contributed by atoms with Crippen LogP contribution in [0.4, 0.5) is 4.39 Å². The topological polar surface area (TPSA) is 66.4 Å². The van der Waals surface area contributed by atoms with Crippen LogP contribution in [0.15, 0.2) is 21.5 Å². The lowest BCUT2D eigenvalue weighted by Crippen LogP contribution is -2.34. The molecule has 2 N–H and O–H groups in total. The summed E-state index contributed by atoms with van der Waals surface area (Å²) >= 11 is 3.12. The number of hydrogen-bond donors (Lipinski definition) is 2. The van der Waals surface area contributed by atoms with Crippen LogP contribution in [0, 0.1) is 17.2 Å². The van der Waals surface area contributed by atoms with Crippen LogP contribution in [-0.2, 0) is 16.6 Å². The number of sulfonamides is 1. The minimum Gasteiger partial charge on any atom is -0.392 e. The third-order valence-corrected chi connectivity index (χ3v) is 5.48. The molecule has 0 spiro atoms. The van der Waals surface area contributed by atoms with E-state index in [1.165, 1.54) is 12.1 Å². The van der Waals surface area contributed by atoms with Crippen molar-refractivity contribution in [2.45, 2.75) is 39.2 Å². The maximum Gasteiger partial charge on any atom is 0.243 e. The lowest BCUT2D eigenvalue weighted by molar-refractivity contribution is 0.263. The fraction of sp³-hybridized carbons (Fsp3) is 0.571. The molecule has 1 rings (SSSR count). The van der Waals surface area contributed by atoms with E-state index >= 15 is 0 Å². The van der Waals surface area contributed by atoms with Crippen LogP contribution >= 0.6 is 15.9 Å². The normalized spacial score (nSPS) is 14.2. The Kier molecular flexibility index (Phi) is 5.94. The summed E-state index contributed by atoms with van der Waals surface area (Å²) in [6, 6.07) is 2.55. The molecule has 0 bridgehead atoms. The first kappa shape index (κ1) is 18.5. The smallest absolute Gasteiger partial charge is 0.243 e. The number of aliphatic hydroxyl groups excluding tert-OH is 1. The van der Waals surface area contributed by atoms with E-state index < -0.39 is 27.3 Å². The highest BCUT2D eigenvalue weighted by molar-refractivity contribution is 9.10. The Hall–Kier alpha value is -0.500. The number of nitrogens with one attached hydrogen (secondary N) is 1. The van der Waals surface area contributed by atoms with Crippen molar-refractivity contribution in [3.8, 4) is 0 Å². The molecule has 0 aliphatic rings. The number of rotatable bonds is 5. The molecule has 0 fully saturated rings. The Morgan fingerprint density at radius 2 is 1.95 bits per heavy atom. The summed E-state index contributed by atoms with van der Waals surface area (Å²) in [6.07, 6.45) is 0. The van der Waals surface area contributed by atoms with Crippen molar-refractivity contribution < 1.29 is 17.9 Å². The largest absolute Gasteiger partial charge is 0.392 e. The second-order valence-electron chi connectivity index (χ2n) is 6.15. The van der Waals surface area contributed by atoms with Crippen molar-refractivity contribution in [3.63, 3.8) is 0 Å². The van der Waals surface area contributed by atoms with Gasteiger partial charge in [-0.05, 0) is 23.5 Å². The Balaban J connectivity index is 3.07. The lowest BCUT2D eigenvalue weighted by Gasteiger charge is -2.27. The Morgan fingerprint density at radius 1 is 1.38 bits per heavy atom. The quantitative estimate of drug-likeness (QED) is 0.823. The van der Waals surface area contributed by atoms with Gasteiger partial charge in [-0.15, -0.1) is 0 Å². The van der Waals surface area contributed by atoms with Crippen LogP contribution in [0.25, 0.3) is 0 Å². The van der Waals surface area contributed by atoms with Gasteiger partial charge in [-0.25, -0.2) is 17.5 Å². The molecule has 7 heteroatoms. The second kappa shape index (κ2) is 6.73. The average molecular weight is 382 g/mol.